The molecule has 0 aliphatic rings. The van der Waals surface area contributed by atoms with E-state index in [4.69, 9.17) is 16.3 Å². The van der Waals surface area contributed by atoms with Crippen molar-refractivity contribution in [2.75, 3.05) is 0 Å². The van der Waals surface area contributed by atoms with Gasteiger partial charge in [-0.05, 0) is 19.9 Å². The Labute approximate surface area is 143 Å². The second kappa shape index (κ2) is 7.23. The van der Waals surface area contributed by atoms with Crippen molar-refractivity contribution in [3.8, 4) is 0 Å². The summed E-state index contributed by atoms with van der Waals surface area (Å²) < 4.78 is 5.12. The molecular formula is C17H14ClNO5. The number of ketones is 1. The van der Waals surface area contributed by atoms with Crippen LogP contribution >= 0.6 is 11.6 Å². The van der Waals surface area contributed by atoms with E-state index in [1.54, 1.807) is 24.3 Å². The van der Waals surface area contributed by atoms with Gasteiger partial charge in [0.25, 0.3) is 5.69 Å². The number of nitrogens with zero attached hydrogens (tertiary/aromatic N) is 1. The van der Waals surface area contributed by atoms with Gasteiger partial charge in [0.05, 0.1) is 15.5 Å². The van der Waals surface area contributed by atoms with Gasteiger partial charge in [-0.3, -0.25) is 14.9 Å². The van der Waals surface area contributed by atoms with Crippen molar-refractivity contribution in [2.45, 2.75) is 20.0 Å². The molecule has 6 nitrogen and oxygen atoms in total. The summed E-state index contributed by atoms with van der Waals surface area (Å²) in [4.78, 5) is 34.4. The van der Waals surface area contributed by atoms with Crippen LogP contribution in [-0.2, 0) is 4.74 Å². The SMILES string of the molecule is Cc1ccc(C(=O)[C@@H](C)OC(=O)c2ccc([N+](=O)[O-])cc2Cl)cc1. The van der Waals surface area contributed by atoms with E-state index >= 15 is 0 Å². The Bertz CT molecular complexity index is 801. The Balaban J connectivity index is 2.12. The molecule has 7 heteroatoms. The Kier molecular flexibility index (Phi) is 5.31. The molecule has 0 radical (unpaired) electrons. The summed E-state index contributed by atoms with van der Waals surface area (Å²) in [5.41, 5.74) is 1.16. The highest BCUT2D eigenvalue weighted by molar-refractivity contribution is 6.33. The number of Topliss-reactive ketones (excluding diaryl/α,β-unsaturated/α-hetero) is 1. The second-order valence-corrected chi connectivity index (χ2v) is 5.61. The quantitative estimate of drug-likeness (QED) is 0.353. The van der Waals surface area contributed by atoms with Crippen molar-refractivity contribution < 1.29 is 19.2 Å². The molecule has 0 aliphatic carbocycles. The standard InChI is InChI=1S/C17H14ClNO5/c1-10-3-5-12(6-4-10)16(20)11(2)24-17(21)14-8-7-13(19(22)23)9-15(14)18/h3-9,11H,1-2H3/t11-/m1/s1. The molecule has 0 amide bonds. The number of carbonyl (C=O) groups is 2. The maximum atomic E-state index is 12.3. The average Bonchev–Trinajstić information content (AvgIpc) is 2.54. The van der Waals surface area contributed by atoms with E-state index in [0.717, 1.165) is 17.7 Å². The summed E-state index contributed by atoms with van der Waals surface area (Å²) in [6.07, 6.45) is -1.01. The predicted molar refractivity (Wildman–Crippen MR) is 88.5 cm³/mol. The molecular weight excluding hydrogens is 334 g/mol. The Hall–Kier alpha value is -2.73. The van der Waals surface area contributed by atoms with Crippen molar-refractivity contribution >= 4 is 29.0 Å². The smallest absolute Gasteiger partial charge is 0.340 e. The molecule has 0 N–H and O–H groups in total. The Morgan fingerprint density at radius 1 is 1.17 bits per heavy atom. The number of carbonyl (C=O) groups excluding carboxylic acids is 2. The van der Waals surface area contributed by atoms with Gasteiger partial charge in [0, 0.05) is 17.7 Å². The highest BCUT2D eigenvalue weighted by Crippen LogP contribution is 2.23. The van der Waals surface area contributed by atoms with E-state index in [0.29, 0.717) is 5.56 Å². The molecule has 0 unspecified atom stereocenters. The molecule has 1 atom stereocenters. The zero-order valence-corrected chi connectivity index (χ0v) is 13.7. The van der Waals surface area contributed by atoms with E-state index in [1.165, 1.54) is 13.0 Å². The summed E-state index contributed by atoms with van der Waals surface area (Å²) in [5.74, 6) is -1.16. The lowest BCUT2D eigenvalue weighted by Gasteiger charge is -2.13. The van der Waals surface area contributed by atoms with E-state index in [1.807, 2.05) is 6.92 Å². The number of esters is 1. The van der Waals surface area contributed by atoms with Gasteiger partial charge in [0.2, 0.25) is 5.78 Å². The first-order valence-corrected chi connectivity index (χ1v) is 7.43. The lowest BCUT2D eigenvalue weighted by Crippen LogP contribution is -2.24. The zero-order valence-electron chi connectivity index (χ0n) is 13.0. The number of benzene rings is 2. The molecule has 0 saturated heterocycles. The highest BCUT2D eigenvalue weighted by Gasteiger charge is 2.22. The molecule has 0 aliphatic heterocycles. The molecule has 24 heavy (non-hydrogen) atoms. The van der Waals surface area contributed by atoms with Crippen molar-refractivity contribution in [1.82, 2.24) is 0 Å². The van der Waals surface area contributed by atoms with Gasteiger partial charge in [-0.2, -0.15) is 0 Å². The van der Waals surface area contributed by atoms with Gasteiger partial charge in [-0.15, -0.1) is 0 Å². The lowest BCUT2D eigenvalue weighted by molar-refractivity contribution is -0.384. The van der Waals surface area contributed by atoms with E-state index in [2.05, 4.69) is 0 Å². The van der Waals surface area contributed by atoms with Crippen LogP contribution in [0.3, 0.4) is 0 Å². The number of hydrogen-bond acceptors (Lipinski definition) is 5. The monoisotopic (exact) mass is 347 g/mol. The first kappa shape index (κ1) is 17.6. The van der Waals surface area contributed by atoms with Crippen molar-refractivity contribution in [2.24, 2.45) is 0 Å². The lowest BCUT2D eigenvalue weighted by atomic mass is 10.1. The number of halogens is 1. The summed E-state index contributed by atoms with van der Waals surface area (Å²) in [6.45, 7) is 3.35. The van der Waals surface area contributed by atoms with E-state index < -0.39 is 17.0 Å². The number of nitro benzene ring substituents is 1. The Morgan fingerprint density at radius 2 is 1.79 bits per heavy atom. The topological polar surface area (TPSA) is 86.5 Å². The van der Waals surface area contributed by atoms with Crippen LogP contribution in [0.15, 0.2) is 42.5 Å². The van der Waals surface area contributed by atoms with Gasteiger partial charge in [-0.1, -0.05) is 41.4 Å². The first-order chi connectivity index (χ1) is 11.3. The number of rotatable bonds is 5. The van der Waals surface area contributed by atoms with Crippen molar-refractivity contribution in [3.05, 3.63) is 74.3 Å². The number of aryl methyl sites for hydroxylation is 1. The highest BCUT2D eigenvalue weighted by atomic mass is 35.5. The number of ether oxygens (including phenoxy) is 1. The number of hydrogen-bond donors (Lipinski definition) is 0. The van der Waals surface area contributed by atoms with Gasteiger partial charge >= 0.3 is 5.97 Å². The molecule has 0 aromatic heterocycles. The summed E-state index contributed by atoms with van der Waals surface area (Å²) in [5, 5.41) is 10.6. The second-order valence-electron chi connectivity index (χ2n) is 5.20. The van der Waals surface area contributed by atoms with Gasteiger partial charge in [-0.25, -0.2) is 4.79 Å². The van der Waals surface area contributed by atoms with Crippen LogP contribution in [0.5, 0.6) is 0 Å². The van der Waals surface area contributed by atoms with Crippen LogP contribution in [0, 0.1) is 17.0 Å². The van der Waals surface area contributed by atoms with Gasteiger partial charge in [0.1, 0.15) is 0 Å². The van der Waals surface area contributed by atoms with Crippen LogP contribution < -0.4 is 0 Å². The van der Waals surface area contributed by atoms with Crippen LogP contribution in [0.1, 0.15) is 33.2 Å². The summed E-state index contributed by atoms with van der Waals surface area (Å²) >= 11 is 5.88. The third-order valence-electron chi connectivity index (χ3n) is 3.37. The fourth-order valence-corrected chi connectivity index (χ4v) is 2.27. The molecule has 2 aromatic carbocycles. The maximum Gasteiger partial charge on any atom is 0.340 e. The third-order valence-corrected chi connectivity index (χ3v) is 3.69. The molecule has 2 aromatic rings. The average molecular weight is 348 g/mol. The van der Waals surface area contributed by atoms with Crippen LogP contribution in [0.2, 0.25) is 5.02 Å². The molecule has 2 rings (SSSR count). The van der Waals surface area contributed by atoms with Crippen LogP contribution in [0.4, 0.5) is 5.69 Å². The molecule has 0 bridgehead atoms. The number of non-ortho nitro benzene ring substituents is 1. The van der Waals surface area contributed by atoms with Crippen LogP contribution in [-0.4, -0.2) is 22.8 Å². The minimum absolute atomic E-state index is 0.0363. The summed E-state index contributed by atoms with van der Waals surface area (Å²) in [6, 6.07) is 10.3. The largest absolute Gasteiger partial charge is 0.451 e. The normalized spacial score (nSPS) is 11.6. The first-order valence-electron chi connectivity index (χ1n) is 7.05. The van der Waals surface area contributed by atoms with E-state index in [-0.39, 0.29) is 22.1 Å². The maximum absolute atomic E-state index is 12.3. The third kappa shape index (κ3) is 3.97. The predicted octanol–water partition coefficient (Wildman–Crippen LogP) is 3.98. The number of nitro groups is 1. The van der Waals surface area contributed by atoms with Crippen LogP contribution in [0.25, 0.3) is 0 Å². The molecule has 124 valence electrons. The molecule has 0 saturated carbocycles. The van der Waals surface area contributed by atoms with E-state index in [9.17, 15) is 19.7 Å². The molecule has 0 spiro atoms. The minimum atomic E-state index is -1.01. The van der Waals surface area contributed by atoms with Gasteiger partial charge in [0.15, 0.2) is 6.10 Å². The van der Waals surface area contributed by atoms with Gasteiger partial charge < -0.3 is 4.74 Å². The fourth-order valence-electron chi connectivity index (χ4n) is 2.01. The summed E-state index contributed by atoms with van der Waals surface area (Å²) in [7, 11) is 0. The Morgan fingerprint density at radius 3 is 2.33 bits per heavy atom. The van der Waals surface area contributed by atoms with Crippen molar-refractivity contribution in [1.29, 1.82) is 0 Å². The minimum Gasteiger partial charge on any atom is -0.451 e. The molecule has 0 heterocycles. The van der Waals surface area contributed by atoms with Crippen molar-refractivity contribution in [3.63, 3.8) is 0 Å². The zero-order chi connectivity index (χ0) is 17.9. The fraction of sp³-hybridized carbons (Fsp3) is 0.176. The molecule has 0 fully saturated rings.